The zero-order chi connectivity index (χ0) is 15.6. The Morgan fingerprint density at radius 3 is 2.48 bits per heavy atom. The van der Waals surface area contributed by atoms with Crippen LogP contribution in [0, 0.1) is 18.8 Å². The molecule has 0 bridgehead atoms. The second-order valence-electron chi connectivity index (χ2n) is 6.80. The predicted octanol–water partition coefficient (Wildman–Crippen LogP) is 3.82. The summed E-state index contributed by atoms with van der Waals surface area (Å²) in [5, 5.41) is 3.39. The lowest BCUT2D eigenvalue weighted by Gasteiger charge is -2.23. The van der Waals surface area contributed by atoms with E-state index in [0.29, 0.717) is 5.92 Å². The standard InChI is InChI=1S/C17H30N4/c1-7-18-16-13(6)17(20-15(19-16)12(4)5)21-9-8-14(10-21)11(2)3/h11-12,14H,7-10H2,1-6H3,(H,18,19,20). The number of rotatable bonds is 5. The molecule has 0 aliphatic carbocycles. The number of aromatic nitrogens is 2. The molecule has 2 heterocycles. The van der Waals surface area contributed by atoms with Gasteiger partial charge in [0, 0.05) is 31.1 Å². The van der Waals surface area contributed by atoms with Gasteiger partial charge in [0.05, 0.1) is 0 Å². The van der Waals surface area contributed by atoms with Crippen molar-refractivity contribution in [3.63, 3.8) is 0 Å². The summed E-state index contributed by atoms with van der Waals surface area (Å²) in [7, 11) is 0. The molecule has 0 radical (unpaired) electrons. The van der Waals surface area contributed by atoms with Crippen molar-refractivity contribution in [3.05, 3.63) is 11.4 Å². The first-order valence-corrected chi connectivity index (χ1v) is 8.31. The van der Waals surface area contributed by atoms with Crippen LogP contribution >= 0.6 is 0 Å². The molecule has 4 nitrogen and oxygen atoms in total. The van der Waals surface area contributed by atoms with Gasteiger partial charge in [0.2, 0.25) is 0 Å². The first-order valence-electron chi connectivity index (χ1n) is 8.31. The van der Waals surface area contributed by atoms with E-state index in [1.807, 2.05) is 0 Å². The van der Waals surface area contributed by atoms with Crippen molar-refractivity contribution in [2.75, 3.05) is 29.9 Å². The normalized spacial score (nSPS) is 18.9. The molecule has 1 aromatic heterocycles. The molecule has 1 saturated heterocycles. The Labute approximate surface area is 129 Å². The topological polar surface area (TPSA) is 41.1 Å². The molecule has 4 heteroatoms. The summed E-state index contributed by atoms with van der Waals surface area (Å²) in [4.78, 5) is 12.0. The van der Waals surface area contributed by atoms with E-state index >= 15 is 0 Å². The monoisotopic (exact) mass is 290 g/mol. The van der Waals surface area contributed by atoms with Crippen LogP contribution in [0.3, 0.4) is 0 Å². The highest BCUT2D eigenvalue weighted by atomic mass is 15.2. The summed E-state index contributed by atoms with van der Waals surface area (Å²) in [6.45, 7) is 16.3. The molecule has 21 heavy (non-hydrogen) atoms. The van der Waals surface area contributed by atoms with Crippen LogP contribution in [0.5, 0.6) is 0 Å². The fraction of sp³-hybridized carbons (Fsp3) is 0.765. The first kappa shape index (κ1) is 16.1. The first-order chi connectivity index (χ1) is 9.93. The lowest BCUT2D eigenvalue weighted by molar-refractivity contribution is 0.422. The van der Waals surface area contributed by atoms with Gasteiger partial charge in [-0.15, -0.1) is 0 Å². The summed E-state index contributed by atoms with van der Waals surface area (Å²) < 4.78 is 0. The van der Waals surface area contributed by atoms with Crippen LogP contribution in [-0.2, 0) is 0 Å². The Kier molecular flexibility index (Phi) is 5.07. The summed E-state index contributed by atoms with van der Waals surface area (Å²) in [6.07, 6.45) is 1.27. The van der Waals surface area contributed by atoms with Gasteiger partial charge < -0.3 is 10.2 Å². The van der Waals surface area contributed by atoms with E-state index in [0.717, 1.165) is 48.9 Å². The summed E-state index contributed by atoms with van der Waals surface area (Å²) in [6, 6.07) is 0. The molecule has 0 saturated carbocycles. The highest BCUT2D eigenvalue weighted by molar-refractivity contribution is 5.59. The summed E-state index contributed by atoms with van der Waals surface area (Å²) >= 11 is 0. The van der Waals surface area contributed by atoms with Gasteiger partial charge in [-0.05, 0) is 32.1 Å². The van der Waals surface area contributed by atoms with E-state index in [9.17, 15) is 0 Å². The predicted molar refractivity (Wildman–Crippen MR) is 90.2 cm³/mol. The minimum Gasteiger partial charge on any atom is -0.370 e. The Hall–Kier alpha value is -1.32. The number of hydrogen-bond donors (Lipinski definition) is 1. The molecule has 0 spiro atoms. The van der Waals surface area contributed by atoms with Gasteiger partial charge in [0.1, 0.15) is 17.5 Å². The molecule has 1 N–H and O–H groups in total. The van der Waals surface area contributed by atoms with Gasteiger partial charge in [0.25, 0.3) is 0 Å². The highest BCUT2D eigenvalue weighted by Crippen LogP contribution is 2.32. The molecule has 2 rings (SSSR count). The summed E-state index contributed by atoms with van der Waals surface area (Å²) in [5.74, 6) is 4.95. The molecular formula is C17H30N4. The van der Waals surface area contributed by atoms with Crippen LogP contribution in [0.4, 0.5) is 11.6 Å². The second-order valence-corrected chi connectivity index (χ2v) is 6.80. The molecule has 0 aromatic carbocycles. The van der Waals surface area contributed by atoms with Crippen LogP contribution in [0.1, 0.15) is 58.3 Å². The van der Waals surface area contributed by atoms with Crippen LogP contribution in [0.2, 0.25) is 0 Å². The molecule has 1 aromatic rings. The maximum Gasteiger partial charge on any atom is 0.137 e. The van der Waals surface area contributed by atoms with Gasteiger partial charge >= 0.3 is 0 Å². The number of hydrogen-bond acceptors (Lipinski definition) is 4. The van der Waals surface area contributed by atoms with Crippen LogP contribution in [0.15, 0.2) is 0 Å². The van der Waals surface area contributed by atoms with E-state index < -0.39 is 0 Å². The third kappa shape index (κ3) is 3.47. The SMILES string of the molecule is CCNc1nc(C(C)C)nc(N2CCC(C(C)C)C2)c1C. The van der Waals surface area contributed by atoms with Crippen LogP contribution in [-0.4, -0.2) is 29.6 Å². The Morgan fingerprint density at radius 2 is 1.95 bits per heavy atom. The van der Waals surface area contributed by atoms with Crippen LogP contribution in [0.25, 0.3) is 0 Å². The van der Waals surface area contributed by atoms with Crippen molar-refractivity contribution < 1.29 is 0 Å². The van der Waals surface area contributed by atoms with E-state index in [1.54, 1.807) is 0 Å². The third-order valence-electron chi connectivity index (χ3n) is 4.47. The fourth-order valence-electron chi connectivity index (χ4n) is 2.95. The van der Waals surface area contributed by atoms with Gasteiger partial charge in [0.15, 0.2) is 0 Å². The van der Waals surface area contributed by atoms with Crippen molar-refractivity contribution in [1.82, 2.24) is 9.97 Å². The lowest BCUT2D eigenvalue weighted by atomic mass is 9.95. The molecule has 118 valence electrons. The second kappa shape index (κ2) is 6.63. The van der Waals surface area contributed by atoms with Crippen molar-refractivity contribution in [1.29, 1.82) is 0 Å². The largest absolute Gasteiger partial charge is 0.370 e. The zero-order valence-electron chi connectivity index (χ0n) is 14.4. The van der Waals surface area contributed by atoms with E-state index in [1.165, 1.54) is 12.0 Å². The molecule has 1 atom stereocenters. The Morgan fingerprint density at radius 1 is 1.24 bits per heavy atom. The average molecular weight is 290 g/mol. The van der Waals surface area contributed by atoms with Crippen molar-refractivity contribution >= 4 is 11.6 Å². The highest BCUT2D eigenvalue weighted by Gasteiger charge is 2.28. The van der Waals surface area contributed by atoms with E-state index in [4.69, 9.17) is 9.97 Å². The molecule has 1 fully saturated rings. The quantitative estimate of drug-likeness (QED) is 0.895. The fourth-order valence-corrected chi connectivity index (χ4v) is 2.95. The maximum atomic E-state index is 4.87. The third-order valence-corrected chi connectivity index (χ3v) is 4.47. The van der Waals surface area contributed by atoms with Gasteiger partial charge in [-0.3, -0.25) is 0 Å². The number of nitrogens with zero attached hydrogens (tertiary/aromatic N) is 3. The minimum absolute atomic E-state index is 0.352. The van der Waals surface area contributed by atoms with Gasteiger partial charge in [-0.1, -0.05) is 27.7 Å². The van der Waals surface area contributed by atoms with Gasteiger partial charge in [-0.25, -0.2) is 9.97 Å². The van der Waals surface area contributed by atoms with E-state index in [-0.39, 0.29) is 0 Å². The zero-order valence-corrected chi connectivity index (χ0v) is 14.4. The average Bonchev–Trinajstić information content (AvgIpc) is 2.90. The Bertz CT molecular complexity index is 482. The van der Waals surface area contributed by atoms with Crippen LogP contribution < -0.4 is 10.2 Å². The molecule has 1 unspecified atom stereocenters. The van der Waals surface area contributed by atoms with Crippen molar-refractivity contribution in [2.45, 2.75) is 53.9 Å². The Balaban J connectivity index is 2.33. The number of anilines is 2. The van der Waals surface area contributed by atoms with Crippen molar-refractivity contribution in [3.8, 4) is 0 Å². The number of nitrogens with one attached hydrogen (secondary N) is 1. The molecule has 1 aliphatic heterocycles. The summed E-state index contributed by atoms with van der Waals surface area (Å²) in [5.41, 5.74) is 1.19. The smallest absolute Gasteiger partial charge is 0.137 e. The van der Waals surface area contributed by atoms with Gasteiger partial charge in [-0.2, -0.15) is 0 Å². The molecular weight excluding hydrogens is 260 g/mol. The minimum atomic E-state index is 0.352. The van der Waals surface area contributed by atoms with Crippen molar-refractivity contribution in [2.24, 2.45) is 11.8 Å². The molecule has 0 amide bonds. The maximum absolute atomic E-state index is 4.87. The lowest BCUT2D eigenvalue weighted by Crippen LogP contribution is -2.24. The van der Waals surface area contributed by atoms with E-state index in [2.05, 4.69) is 51.8 Å². The molecule has 1 aliphatic rings.